The summed E-state index contributed by atoms with van der Waals surface area (Å²) in [5.74, 6) is -0.250. The number of benzene rings is 1. The van der Waals surface area contributed by atoms with Crippen LogP contribution in [0.15, 0.2) is 29.2 Å². The molecule has 22 heavy (non-hydrogen) atoms. The molecule has 0 saturated heterocycles. The van der Waals surface area contributed by atoms with E-state index >= 15 is 0 Å². The summed E-state index contributed by atoms with van der Waals surface area (Å²) in [7, 11) is -2.21. The van der Waals surface area contributed by atoms with Crippen LogP contribution in [0.3, 0.4) is 0 Å². The third-order valence-corrected chi connectivity index (χ3v) is 5.55. The van der Waals surface area contributed by atoms with Crippen molar-refractivity contribution in [1.82, 2.24) is 9.62 Å². The number of rotatable bonds is 5. The highest BCUT2D eigenvalue weighted by Gasteiger charge is 2.27. The molecule has 1 saturated carbocycles. The van der Waals surface area contributed by atoms with E-state index < -0.39 is 10.0 Å². The Kier molecular flexibility index (Phi) is 4.63. The summed E-state index contributed by atoms with van der Waals surface area (Å²) in [6.07, 6.45) is 1.97. The standard InChI is InChI=1S/C16H24N2O3S/c1-16(2,3)12-5-9-14(10-6-12)22(20,21)18(4)11-15(19)17-13-7-8-13/h5-6,9-10,13H,7-8,11H2,1-4H3,(H,17,19). The molecular formula is C16H24N2O3S. The van der Waals surface area contributed by atoms with E-state index in [2.05, 4.69) is 26.1 Å². The van der Waals surface area contributed by atoms with E-state index in [1.807, 2.05) is 12.1 Å². The molecule has 1 aromatic carbocycles. The number of amides is 1. The van der Waals surface area contributed by atoms with Gasteiger partial charge in [0.25, 0.3) is 0 Å². The van der Waals surface area contributed by atoms with E-state index in [-0.39, 0.29) is 28.8 Å². The second kappa shape index (κ2) is 6.01. The Morgan fingerprint density at radius 3 is 2.23 bits per heavy atom. The minimum atomic E-state index is -3.64. The lowest BCUT2D eigenvalue weighted by Gasteiger charge is -2.20. The van der Waals surface area contributed by atoms with Crippen LogP contribution >= 0.6 is 0 Å². The van der Waals surface area contributed by atoms with Crippen LogP contribution in [-0.4, -0.2) is 38.3 Å². The van der Waals surface area contributed by atoms with Crippen molar-refractivity contribution in [2.24, 2.45) is 0 Å². The van der Waals surface area contributed by atoms with Crippen molar-refractivity contribution in [3.63, 3.8) is 0 Å². The van der Waals surface area contributed by atoms with Gasteiger partial charge >= 0.3 is 0 Å². The van der Waals surface area contributed by atoms with Crippen LogP contribution < -0.4 is 5.32 Å². The number of nitrogens with zero attached hydrogens (tertiary/aromatic N) is 1. The number of likely N-dealkylation sites (N-methyl/N-ethyl adjacent to an activating group) is 1. The van der Waals surface area contributed by atoms with Crippen molar-refractivity contribution in [2.45, 2.75) is 50.0 Å². The van der Waals surface area contributed by atoms with Gasteiger partial charge in [-0.3, -0.25) is 4.79 Å². The lowest BCUT2D eigenvalue weighted by Crippen LogP contribution is -2.39. The predicted molar refractivity (Wildman–Crippen MR) is 86.1 cm³/mol. The molecule has 5 nitrogen and oxygen atoms in total. The van der Waals surface area contributed by atoms with Crippen molar-refractivity contribution < 1.29 is 13.2 Å². The third kappa shape index (κ3) is 4.08. The maximum Gasteiger partial charge on any atom is 0.243 e. The quantitative estimate of drug-likeness (QED) is 0.899. The Bertz CT molecular complexity index is 641. The van der Waals surface area contributed by atoms with E-state index in [1.54, 1.807) is 12.1 Å². The predicted octanol–water partition coefficient (Wildman–Crippen LogP) is 1.88. The second-order valence-electron chi connectivity index (χ2n) is 6.88. The smallest absolute Gasteiger partial charge is 0.243 e. The van der Waals surface area contributed by atoms with Gasteiger partial charge in [0.15, 0.2) is 0 Å². The Labute approximate surface area is 132 Å². The molecule has 0 radical (unpaired) electrons. The van der Waals surface area contributed by atoms with Gasteiger partial charge in [0.2, 0.25) is 15.9 Å². The first-order valence-electron chi connectivity index (χ1n) is 7.47. The number of hydrogen-bond donors (Lipinski definition) is 1. The molecule has 0 atom stereocenters. The van der Waals surface area contributed by atoms with Crippen molar-refractivity contribution >= 4 is 15.9 Å². The van der Waals surface area contributed by atoms with E-state index in [1.165, 1.54) is 7.05 Å². The van der Waals surface area contributed by atoms with Crippen LogP contribution in [-0.2, 0) is 20.2 Å². The minimum absolute atomic E-state index is 0.0294. The van der Waals surface area contributed by atoms with E-state index in [4.69, 9.17) is 0 Å². The van der Waals surface area contributed by atoms with Gasteiger partial charge in [-0.05, 0) is 36.0 Å². The highest BCUT2D eigenvalue weighted by Crippen LogP contribution is 2.24. The monoisotopic (exact) mass is 324 g/mol. The minimum Gasteiger partial charge on any atom is -0.352 e. The van der Waals surface area contributed by atoms with Crippen molar-refractivity contribution in [3.05, 3.63) is 29.8 Å². The summed E-state index contributed by atoms with van der Waals surface area (Å²) in [6, 6.07) is 7.08. The molecule has 122 valence electrons. The zero-order chi connectivity index (χ0) is 16.5. The lowest BCUT2D eigenvalue weighted by molar-refractivity contribution is -0.121. The molecule has 0 aromatic heterocycles. The van der Waals surface area contributed by atoms with Crippen LogP contribution in [0.4, 0.5) is 0 Å². The molecule has 1 aromatic rings. The first kappa shape index (κ1) is 17.0. The van der Waals surface area contributed by atoms with Gasteiger partial charge < -0.3 is 5.32 Å². The molecule has 2 rings (SSSR count). The van der Waals surface area contributed by atoms with Gasteiger partial charge in [-0.1, -0.05) is 32.9 Å². The number of carbonyl (C=O) groups is 1. The van der Waals surface area contributed by atoms with Crippen LogP contribution in [0, 0.1) is 0 Å². The third-order valence-electron chi connectivity index (χ3n) is 3.74. The zero-order valence-electron chi connectivity index (χ0n) is 13.6. The van der Waals surface area contributed by atoms with Gasteiger partial charge in [0.05, 0.1) is 11.4 Å². The zero-order valence-corrected chi connectivity index (χ0v) is 14.4. The first-order chi connectivity index (χ1) is 10.1. The molecule has 1 amide bonds. The highest BCUT2D eigenvalue weighted by atomic mass is 32.2. The average Bonchev–Trinajstić information content (AvgIpc) is 3.21. The SMILES string of the molecule is CN(CC(=O)NC1CC1)S(=O)(=O)c1ccc(C(C)(C)C)cc1. The summed E-state index contributed by atoms with van der Waals surface area (Å²) in [5, 5.41) is 2.79. The van der Waals surface area contributed by atoms with Crippen LogP contribution in [0.5, 0.6) is 0 Å². The molecule has 0 heterocycles. The van der Waals surface area contributed by atoms with Crippen LogP contribution in [0.2, 0.25) is 0 Å². The first-order valence-corrected chi connectivity index (χ1v) is 8.91. The van der Waals surface area contributed by atoms with Crippen LogP contribution in [0.25, 0.3) is 0 Å². The molecule has 0 bridgehead atoms. The topological polar surface area (TPSA) is 66.5 Å². The number of hydrogen-bond acceptors (Lipinski definition) is 3. The molecule has 6 heteroatoms. The van der Waals surface area contributed by atoms with Crippen molar-refractivity contribution in [2.75, 3.05) is 13.6 Å². The summed E-state index contributed by atoms with van der Waals surface area (Å²) >= 11 is 0. The Hall–Kier alpha value is -1.40. The van der Waals surface area contributed by atoms with E-state index in [9.17, 15) is 13.2 Å². The Balaban J connectivity index is 2.09. The fraction of sp³-hybridized carbons (Fsp3) is 0.562. The molecule has 1 fully saturated rings. The van der Waals surface area contributed by atoms with Crippen LogP contribution in [0.1, 0.15) is 39.2 Å². The summed E-state index contributed by atoms with van der Waals surface area (Å²) in [6.45, 7) is 6.07. The van der Waals surface area contributed by atoms with E-state index in [0.29, 0.717) is 0 Å². The number of sulfonamides is 1. The van der Waals surface area contributed by atoms with Gasteiger partial charge in [-0.25, -0.2) is 8.42 Å². The van der Waals surface area contributed by atoms with Crippen molar-refractivity contribution in [3.8, 4) is 0 Å². The van der Waals surface area contributed by atoms with Gasteiger partial charge in [0.1, 0.15) is 0 Å². The Morgan fingerprint density at radius 1 is 1.23 bits per heavy atom. The normalized spacial score (nSPS) is 15.9. The Morgan fingerprint density at radius 2 is 1.77 bits per heavy atom. The van der Waals surface area contributed by atoms with Gasteiger partial charge in [0, 0.05) is 13.1 Å². The summed E-state index contributed by atoms with van der Waals surface area (Å²) in [4.78, 5) is 12.0. The molecule has 1 N–H and O–H groups in total. The molecule has 1 aliphatic carbocycles. The van der Waals surface area contributed by atoms with Crippen molar-refractivity contribution in [1.29, 1.82) is 0 Å². The number of carbonyl (C=O) groups excluding carboxylic acids is 1. The largest absolute Gasteiger partial charge is 0.352 e. The molecular weight excluding hydrogens is 300 g/mol. The molecule has 1 aliphatic rings. The summed E-state index contributed by atoms with van der Waals surface area (Å²) < 4.78 is 26.0. The maximum absolute atomic E-state index is 12.5. The fourth-order valence-electron chi connectivity index (χ4n) is 2.10. The molecule has 0 spiro atoms. The van der Waals surface area contributed by atoms with E-state index in [0.717, 1.165) is 22.7 Å². The lowest BCUT2D eigenvalue weighted by atomic mass is 9.87. The molecule has 0 aliphatic heterocycles. The second-order valence-corrected chi connectivity index (χ2v) is 8.92. The van der Waals surface area contributed by atoms with Gasteiger partial charge in [-0.15, -0.1) is 0 Å². The molecule has 0 unspecified atom stereocenters. The highest BCUT2D eigenvalue weighted by molar-refractivity contribution is 7.89. The number of nitrogens with one attached hydrogen (secondary N) is 1. The average molecular weight is 324 g/mol. The maximum atomic E-state index is 12.5. The fourth-order valence-corrected chi connectivity index (χ4v) is 3.22. The van der Waals surface area contributed by atoms with Gasteiger partial charge in [-0.2, -0.15) is 4.31 Å². The summed E-state index contributed by atoms with van der Waals surface area (Å²) in [5.41, 5.74) is 1.04.